The Balaban J connectivity index is 1.17. The SMILES string of the molecule is CC(C)Nc1nc(NC[C@H]2CC[C@H](CNS(=O)(=O)c3cccc4c(N(C)C)cccc34)CC2)nc2ccccc12. The zero-order valence-corrected chi connectivity index (χ0v) is 24.6. The molecule has 3 N–H and O–H groups in total. The molecule has 1 heterocycles. The molecule has 0 saturated heterocycles. The van der Waals surface area contributed by atoms with Crippen molar-refractivity contribution in [1.29, 1.82) is 0 Å². The van der Waals surface area contributed by atoms with E-state index < -0.39 is 10.0 Å². The lowest BCUT2D eigenvalue weighted by Gasteiger charge is -2.29. The summed E-state index contributed by atoms with van der Waals surface area (Å²) < 4.78 is 29.6. The maximum atomic E-state index is 13.3. The van der Waals surface area contributed by atoms with E-state index in [1.807, 2.05) is 73.6 Å². The van der Waals surface area contributed by atoms with Crippen molar-refractivity contribution >= 4 is 49.2 Å². The predicted molar refractivity (Wildman–Crippen MR) is 166 cm³/mol. The van der Waals surface area contributed by atoms with Crippen molar-refractivity contribution in [2.45, 2.75) is 50.5 Å². The average molecular weight is 561 g/mol. The van der Waals surface area contributed by atoms with Crippen LogP contribution in [0.4, 0.5) is 17.5 Å². The van der Waals surface area contributed by atoms with Gasteiger partial charge >= 0.3 is 0 Å². The van der Waals surface area contributed by atoms with Crippen LogP contribution in [-0.2, 0) is 10.0 Å². The summed E-state index contributed by atoms with van der Waals surface area (Å²) in [5, 5.41) is 9.61. The van der Waals surface area contributed by atoms with Gasteiger partial charge in [0.05, 0.1) is 10.4 Å². The number of rotatable bonds is 10. The Morgan fingerprint density at radius 3 is 2.20 bits per heavy atom. The Bertz CT molecular complexity index is 1580. The number of nitrogens with one attached hydrogen (secondary N) is 3. The van der Waals surface area contributed by atoms with E-state index in [-0.39, 0.29) is 6.04 Å². The van der Waals surface area contributed by atoms with Crippen molar-refractivity contribution in [2.24, 2.45) is 11.8 Å². The van der Waals surface area contributed by atoms with Gasteiger partial charge in [-0.1, -0.05) is 36.4 Å². The maximum Gasteiger partial charge on any atom is 0.241 e. The molecule has 0 bridgehead atoms. The molecule has 1 aliphatic rings. The van der Waals surface area contributed by atoms with E-state index in [4.69, 9.17) is 9.97 Å². The molecule has 1 aliphatic carbocycles. The van der Waals surface area contributed by atoms with Gasteiger partial charge < -0.3 is 15.5 Å². The van der Waals surface area contributed by atoms with Crippen LogP contribution in [-0.4, -0.2) is 51.6 Å². The molecule has 1 aromatic heterocycles. The first-order chi connectivity index (χ1) is 19.2. The van der Waals surface area contributed by atoms with E-state index in [9.17, 15) is 8.42 Å². The number of fused-ring (bicyclic) bond motifs is 2. The standard InChI is InChI=1S/C31H40N6O2S/c1-21(2)34-30-26-9-5-6-12-27(26)35-31(36-30)32-19-22-15-17-23(18-16-22)20-33-40(38,39)29-14-8-10-24-25(29)11-7-13-28(24)37(3)4/h5-14,21-23,33H,15-20H2,1-4H3,(H2,32,34,35,36)/t22-,23-. The molecule has 5 rings (SSSR count). The molecule has 0 atom stereocenters. The molecule has 0 aliphatic heterocycles. The molecule has 0 unspecified atom stereocenters. The van der Waals surface area contributed by atoms with Crippen molar-refractivity contribution in [3.05, 3.63) is 60.7 Å². The van der Waals surface area contributed by atoms with Crippen molar-refractivity contribution in [3.63, 3.8) is 0 Å². The number of hydrogen-bond acceptors (Lipinski definition) is 7. The highest BCUT2D eigenvalue weighted by Crippen LogP contribution is 2.32. The Labute approximate surface area is 237 Å². The van der Waals surface area contributed by atoms with Gasteiger partial charge in [0.15, 0.2) is 0 Å². The van der Waals surface area contributed by atoms with Crippen molar-refractivity contribution in [2.75, 3.05) is 42.7 Å². The zero-order chi connectivity index (χ0) is 28.3. The Hall–Kier alpha value is -3.43. The first kappa shape index (κ1) is 28.1. The Morgan fingerprint density at radius 2 is 1.48 bits per heavy atom. The molecule has 8 nitrogen and oxygen atoms in total. The van der Waals surface area contributed by atoms with Gasteiger partial charge in [-0.2, -0.15) is 4.98 Å². The summed E-state index contributed by atoms with van der Waals surface area (Å²) in [5.41, 5.74) is 1.92. The minimum Gasteiger partial charge on any atom is -0.377 e. The topological polar surface area (TPSA) is 99.2 Å². The van der Waals surface area contributed by atoms with Crippen molar-refractivity contribution in [3.8, 4) is 0 Å². The number of sulfonamides is 1. The second-order valence-corrected chi connectivity index (χ2v) is 13.1. The number of para-hydroxylation sites is 1. The molecule has 0 amide bonds. The summed E-state index contributed by atoms with van der Waals surface area (Å²) >= 11 is 0. The van der Waals surface area contributed by atoms with E-state index in [1.165, 1.54) is 0 Å². The summed E-state index contributed by atoms with van der Waals surface area (Å²) in [7, 11) is 0.314. The molecule has 4 aromatic rings. The van der Waals surface area contributed by atoms with Crippen LogP contribution in [0.1, 0.15) is 39.5 Å². The Kier molecular flexibility index (Phi) is 8.42. The second-order valence-electron chi connectivity index (χ2n) is 11.4. The fourth-order valence-corrected chi connectivity index (χ4v) is 6.94. The molecule has 0 spiro atoms. The minimum absolute atomic E-state index is 0.273. The van der Waals surface area contributed by atoms with Crippen LogP contribution in [0.25, 0.3) is 21.7 Å². The van der Waals surface area contributed by atoms with Gasteiger partial charge in [0.2, 0.25) is 16.0 Å². The first-order valence-corrected chi connectivity index (χ1v) is 15.7. The number of benzene rings is 3. The van der Waals surface area contributed by atoms with Gasteiger partial charge in [-0.15, -0.1) is 0 Å². The minimum atomic E-state index is -3.62. The van der Waals surface area contributed by atoms with E-state index in [0.717, 1.165) is 65.4 Å². The number of aromatic nitrogens is 2. The number of nitrogens with zero attached hydrogens (tertiary/aromatic N) is 3. The lowest BCUT2D eigenvalue weighted by molar-refractivity contribution is 0.284. The monoisotopic (exact) mass is 560 g/mol. The molecule has 40 heavy (non-hydrogen) atoms. The molecule has 212 valence electrons. The predicted octanol–water partition coefficient (Wildman–Crippen LogP) is 5.87. The van der Waals surface area contributed by atoms with Crippen molar-refractivity contribution < 1.29 is 8.42 Å². The van der Waals surface area contributed by atoms with Crippen LogP contribution in [0.5, 0.6) is 0 Å². The second kappa shape index (κ2) is 12.0. The largest absolute Gasteiger partial charge is 0.377 e. The van der Waals surface area contributed by atoms with Crippen LogP contribution >= 0.6 is 0 Å². The van der Waals surface area contributed by atoms with Gasteiger partial charge in [-0.05, 0) is 75.6 Å². The highest BCUT2D eigenvalue weighted by atomic mass is 32.2. The molecule has 3 aromatic carbocycles. The molecule has 0 radical (unpaired) electrons. The first-order valence-electron chi connectivity index (χ1n) is 14.2. The van der Waals surface area contributed by atoms with Gasteiger partial charge in [0, 0.05) is 55.1 Å². The van der Waals surface area contributed by atoms with E-state index in [2.05, 4.69) is 29.2 Å². The third-order valence-electron chi connectivity index (χ3n) is 7.74. The lowest BCUT2D eigenvalue weighted by atomic mass is 9.82. The lowest BCUT2D eigenvalue weighted by Crippen LogP contribution is -2.32. The van der Waals surface area contributed by atoms with Gasteiger partial charge in [-0.25, -0.2) is 18.1 Å². The fraction of sp³-hybridized carbons (Fsp3) is 0.419. The summed E-state index contributed by atoms with van der Waals surface area (Å²) in [6.45, 7) is 5.48. The smallest absolute Gasteiger partial charge is 0.241 e. The van der Waals surface area contributed by atoms with Gasteiger partial charge in [0.1, 0.15) is 5.82 Å². The molecule has 1 saturated carbocycles. The molecule has 9 heteroatoms. The number of anilines is 3. The highest BCUT2D eigenvalue weighted by molar-refractivity contribution is 7.89. The molecular formula is C31H40N6O2S. The summed E-state index contributed by atoms with van der Waals surface area (Å²) in [5.74, 6) is 2.33. The summed E-state index contributed by atoms with van der Waals surface area (Å²) in [4.78, 5) is 11.8. The van der Waals surface area contributed by atoms with E-state index in [0.29, 0.717) is 29.2 Å². The molecule has 1 fully saturated rings. The third-order valence-corrected chi connectivity index (χ3v) is 9.22. The quantitative estimate of drug-likeness (QED) is 0.223. The van der Waals surface area contributed by atoms with Crippen LogP contribution in [0.15, 0.2) is 65.6 Å². The molecular weight excluding hydrogens is 520 g/mol. The van der Waals surface area contributed by atoms with Crippen molar-refractivity contribution in [1.82, 2.24) is 14.7 Å². The normalized spacial score (nSPS) is 17.8. The van der Waals surface area contributed by atoms with Crippen LogP contribution in [0.2, 0.25) is 0 Å². The van der Waals surface area contributed by atoms with Crippen LogP contribution in [0.3, 0.4) is 0 Å². The van der Waals surface area contributed by atoms with Crippen LogP contribution in [0, 0.1) is 11.8 Å². The average Bonchev–Trinajstić information content (AvgIpc) is 2.94. The van der Waals surface area contributed by atoms with Gasteiger partial charge in [0.25, 0.3) is 0 Å². The summed E-state index contributed by atoms with van der Waals surface area (Å²) in [6.07, 6.45) is 4.08. The van der Waals surface area contributed by atoms with E-state index in [1.54, 1.807) is 6.07 Å². The third kappa shape index (κ3) is 6.31. The van der Waals surface area contributed by atoms with E-state index >= 15 is 0 Å². The highest BCUT2D eigenvalue weighted by Gasteiger charge is 2.25. The maximum absolute atomic E-state index is 13.3. The Morgan fingerprint density at radius 1 is 0.825 bits per heavy atom. The van der Waals surface area contributed by atoms with Crippen LogP contribution < -0.4 is 20.3 Å². The number of hydrogen-bond donors (Lipinski definition) is 3. The summed E-state index contributed by atoms with van der Waals surface area (Å²) in [6, 6.07) is 19.6. The fourth-order valence-electron chi connectivity index (χ4n) is 5.61. The zero-order valence-electron chi connectivity index (χ0n) is 23.8. The van der Waals surface area contributed by atoms with Gasteiger partial charge in [-0.3, -0.25) is 0 Å².